The fraction of sp³-hybridized carbons (Fsp3) is 0.667. The van der Waals surface area contributed by atoms with E-state index in [1.54, 1.807) is 13.2 Å². The standard InChI is InChI=1S/C12H19N3O3/c1-8-5-13-6-9(2)15(8)12(16)11-4-10(7-17-3)18-14-11/h4,8-9,13H,5-7H2,1-3H3. The molecule has 1 amide bonds. The van der Waals surface area contributed by atoms with Crippen LogP contribution >= 0.6 is 0 Å². The summed E-state index contributed by atoms with van der Waals surface area (Å²) >= 11 is 0. The molecule has 0 aromatic carbocycles. The smallest absolute Gasteiger partial charge is 0.276 e. The number of carbonyl (C=O) groups excluding carboxylic acids is 1. The summed E-state index contributed by atoms with van der Waals surface area (Å²) in [5.74, 6) is 0.485. The summed E-state index contributed by atoms with van der Waals surface area (Å²) in [7, 11) is 1.57. The Balaban J connectivity index is 2.13. The Hall–Kier alpha value is -1.40. The minimum Gasteiger partial charge on any atom is -0.377 e. The highest BCUT2D eigenvalue weighted by Gasteiger charge is 2.31. The molecule has 6 nitrogen and oxygen atoms in total. The molecule has 0 bridgehead atoms. The van der Waals surface area contributed by atoms with E-state index in [1.165, 1.54) is 0 Å². The van der Waals surface area contributed by atoms with E-state index in [-0.39, 0.29) is 18.0 Å². The average Bonchev–Trinajstić information content (AvgIpc) is 2.78. The van der Waals surface area contributed by atoms with Gasteiger partial charge in [0.1, 0.15) is 6.61 Å². The number of nitrogens with one attached hydrogen (secondary N) is 1. The molecule has 2 atom stereocenters. The van der Waals surface area contributed by atoms with Crippen molar-refractivity contribution in [3.63, 3.8) is 0 Å². The highest BCUT2D eigenvalue weighted by Crippen LogP contribution is 2.15. The van der Waals surface area contributed by atoms with Gasteiger partial charge in [-0.3, -0.25) is 4.79 Å². The minimum atomic E-state index is -0.0809. The number of methoxy groups -OCH3 is 1. The number of aromatic nitrogens is 1. The molecule has 6 heteroatoms. The van der Waals surface area contributed by atoms with Crippen LogP contribution in [0.4, 0.5) is 0 Å². The number of hydrogen-bond acceptors (Lipinski definition) is 5. The molecule has 1 saturated heterocycles. The van der Waals surface area contributed by atoms with Gasteiger partial charge in [-0.1, -0.05) is 5.16 Å². The SMILES string of the molecule is COCc1cc(C(=O)N2C(C)CNCC2C)no1. The molecule has 0 spiro atoms. The van der Waals surface area contributed by atoms with Gasteiger partial charge in [-0.05, 0) is 13.8 Å². The molecule has 1 aliphatic heterocycles. The second-order valence-electron chi connectivity index (χ2n) is 4.68. The lowest BCUT2D eigenvalue weighted by Crippen LogP contribution is -2.57. The van der Waals surface area contributed by atoms with E-state index in [2.05, 4.69) is 10.5 Å². The molecule has 1 aromatic rings. The summed E-state index contributed by atoms with van der Waals surface area (Å²) in [6, 6.07) is 1.96. The molecule has 1 aliphatic rings. The number of rotatable bonds is 3. The van der Waals surface area contributed by atoms with Gasteiger partial charge in [0.15, 0.2) is 11.5 Å². The first kappa shape index (κ1) is 13.0. The molecule has 0 saturated carbocycles. The van der Waals surface area contributed by atoms with Crippen LogP contribution in [-0.2, 0) is 11.3 Å². The molecular weight excluding hydrogens is 234 g/mol. The summed E-state index contributed by atoms with van der Waals surface area (Å²) in [4.78, 5) is 14.2. The van der Waals surface area contributed by atoms with Crippen molar-refractivity contribution in [2.75, 3.05) is 20.2 Å². The van der Waals surface area contributed by atoms with Crippen molar-refractivity contribution in [3.8, 4) is 0 Å². The first-order chi connectivity index (χ1) is 8.63. The zero-order valence-corrected chi connectivity index (χ0v) is 11.0. The molecule has 2 rings (SSSR count). The molecule has 1 N–H and O–H groups in total. The summed E-state index contributed by atoms with van der Waals surface area (Å²) in [6.07, 6.45) is 0. The van der Waals surface area contributed by atoms with Gasteiger partial charge in [-0.25, -0.2) is 0 Å². The largest absolute Gasteiger partial charge is 0.377 e. The third kappa shape index (κ3) is 2.54. The van der Waals surface area contributed by atoms with E-state index in [9.17, 15) is 4.79 Å². The zero-order valence-electron chi connectivity index (χ0n) is 11.0. The normalized spacial score (nSPS) is 24.3. The van der Waals surface area contributed by atoms with E-state index in [1.807, 2.05) is 18.7 Å². The fourth-order valence-corrected chi connectivity index (χ4v) is 2.29. The van der Waals surface area contributed by atoms with Gasteiger partial charge in [0.05, 0.1) is 0 Å². The van der Waals surface area contributed by atoms with E-state index in [0.717, 1.165) is 13.1 Å². The van der Waals surface area contributed by atoms with Crippen LogP contribution in [0, 0.1) is 0 Å². The molecular formula is C12H19N3O3. The second kappa shape index (κ2) is 5.49. The number of hydrogen-bond donors (Lipinski definition) is 1. The lowest BCUT2D eigenvalue weighted by molar-refractivity contribution is 0.0533. The molecule has 0 aliphatic carbocycles. The van der Waals surface area contributed by atoms with Crippen LogP contribution < -0.4 is 5.32 Å². The Morgan fingerprint density at radius 2 is 2.22 bits per heavy atom. The molecule has 1 fully saturated rings. The predicted molar refractivity (Wildman–Crippen MR) is 65.2 cm³/mol. The average molecular weight is 253 g/mol. The van der Waals surface area contributed by atoms with Crippen LogP contribution in [0.1, 0.15) is 30.1 Å². The zero-order chi connectivity index (χ0) is 13.1. The predicted octanol–water partition coefficient (Wildman–Crippen LogP) is 0.643. The molecule has 0 radical (unpaired) electrons. The summed E-state index contributed by atoms with van der Waals surface area (Å²) in [6.45, 7) is 5.98. The Morgan fingerprint density at radius 3 is 2.83 bits per heavy atom. The lowest BCUT2D eigenvalue weighted by Gasteiger charge is -2.38. The number of piperazine rings is 1. The van der Waals surface area contributed by atoms with E-state index < -0.39 is 0 Å². The molecule has 18 heavy (non-hydrogen) atoms. The quantitative estimate of drug-likeness (QED) is 0.856. The number of nitrogens with zero attached hydrogens (tertiary/aromatic N) is 2. The van der Waals surface area contributed by atoms with Gasteiger partial charge in [0.25, 0.3) is 5.91 Å². The maximum absolute atomic E-state index is 12.4. The Labute approximate surface area is 106 Å². The Bertz CT molecular complexity index is 408. The van der Waals surface area contributed by atoms with E-state index >= 15 is 0 Å². The molecule has 2 heterocycles. The summed E-state index contributed by atoms with van der Waals surface area (Å²) in [5.41, 5.74) is 0.350. The van der Waals surface area contributed by atoms with Crippen LogP contribution in [0.5, 0.6) is 0 Å². The van der Waals surface area contributed by atoms with Crippen LogP contribution in [0.25, 0.3) is 0 Å². The Morgan fingerprint density at radius 1 is 1.56 bits per heavy atom. The van der Waals surface area contributed by atoms with Gasteiger partial charge in [0, 0.05) is 38.3 Å². The van der Waals surface area contributed by atoms with E-state index in [4.69, 9.17) is 9.26 Å². The number of carbonyl (C=O) groups is 1. The van der Waals surface area contributed by atoms with Crippen molar-refractivity contribution in [1.29, 1.82) is 0 Å². The van der Waals surface area contributed by atoms with Crippen molar-refractivity contribution in [2.45, 2.75) is 32.5 Å². The van der Waals surface area contributed by atoms with Crippen LogP contribution in [-0.4, -0.2) is 48.2 Å². The summed E-state index contributed by atoms with van der Waals surface area (Å²) < 4.78 is 9.99. The molecule has 2 unspecified atom stereocenters. The number of ether oxygens (including phenoxy) is 1. The van der Waals surface area contributed by atoms with Gasteiger partial charge >= 0.3 is 0 Å². The summed E-state index contributed by atoms with van der Waals surface area (Å²) in [5, 5.41) is 7.10. The van der Waals surface area contributed by atoms with Crippen LogP contribution in [0.15, 0.2) is 10.6 Å². The topological polar surface area (TPSA) is 67.6 Å². The molecule has 1 aromatic heterocycles. The monoisotopic (exact) mass is 253 g/mol. The third-order valence-corrected chi connectivity index (χ3v) is 3.13. The van der Waals surface area contributed by atoms with E-state index in [0.29, 0.717) is 18.1 Å². The van der Waals surface area contributed by atoms with Gasteiger partial charge in [0.2, 0.25) is 0 Å². The van der Waals surface area contributed by atoms with Crippen molar-refractivity contribution >= 4 is 5.91 Å². The van der Waals surface area contributed by atoms with Gasteiger partial charge < -0.3 is 19.5 Å². The van der Waals surface area contributed by atoms with Crippen molar-refractivity contribution in [2.24, 2.45) is 0 Å². The highest BCUT2D eigenvalue weighted by atomic mass is 16.5. The highest BCUT2D eigenvalue weighted by molar-refractivity contribution is 5.92. The van der Waals surface area contributed by atoms with Crippen molar-refractivity contribution in [1.82, 2.24) is 15.4 Å². The van der Waals surface area contributed by atoms with Crippen LogP contribution in [0.3, 0.4) is 0 Å². The maximum Gasteiger partial charge on any atom is 0.276 e. The first-order valence-electron chi connectivity index (χ1n) is 6.11. The lowest BCUT2D eigenvalue weighted by atomic mass is 10.1. The third-order valence-electron chi connectivity index (χ3n) is 3.13. The fourth-order valence-electron chi connectivity index (χ4n) is 2.29. The van der Waals surface area contributed by atoms with Gasteiger partial charge in [-0.15, -0.1) is 0 Å². The Kier molecular flexibility index (Phi) is 3.98. The van der Waals surface area contributed by atoms with Crippen molar-refractivity contribution in [3.05, 3.63) is 17.5 Å². The minimum absolute atomic E-state index is 0.0809. The maximum atomic E-state index is 12.4. The first-order valence-corrected chi connectivity index (χ1v) is 6.11. The van der Waals surface area contributed by atoms with Crippen molar-refractivity contribution < 1.29 is 14.1 Å². The second-order valence-corrected chi connectivity index (χ2v) is 4.68. The van der Waals surface area contributed by atoms with Gasteiger partial charge in [-0.2, -0.15) is 0 Å². The molecule has 100 valence electrons. The number of amides is 1. The van der Waals surface area contributed by atoms with Crippen LogP contribution in [0.2, 0.25) is 0 Å².